The summed E-state index contributed by atoms with van der Waals surface area (Å²) in [4.78, 5) is 13.9. The van der Waals surface area contributed by atoms with Gasteiger partial charge in [0.15, 0.2) is 0 Å². The van der Waals surface area contributed by atoms with E-state index >= 15 is 0 Å². The lowest BCUT2D eigenvalue weighted by atomic mass is 9.87. The van der Waals surface area contributed by atoms with Gasteiger partial charge in [-0.2, -0.15) is 0 Å². The molecule has 1 aromatic rings. The highest BCUT2D eigenvalue weighted by atomic mass is 16.2. The Morgan fingerprint density at radius 2 is 1.74 bits per heavy atom. The summed E-state index contributed by atoms with van der Waals surface area (Å²) in [6, 6.07) is 8.09. The van der Waals surface area contributed by atoms with Gasteiger partial charge < -0.3 is 15.5 Å². The molecule has 1 aromatic carbocycles. The van der Waals surface area contributed by atoms with Crippen molar-refractivity contribution in [1.82, 2.24) is 10.2 Å². The van der Waals surface area contributed by atoms with Crippen LogP contribution < -0.4 is 10.6 Å². The maximum absolute atomic E-state index is 12.0. The summed E-state index contributed by atoms with van der Waals surface area (Å²) < 4.78 is 0. The first-order chi connectivity index (χ1) is 8.97. The average molecular weight is 261 g/mol. The van der Waals surface area contributed by atoms with E-state index in [9.17, 15) is 4.79 Å². The van der Waals surface area contributed by atoms with Crippen molar-refractivity contribution in [2.24, 2.45) is 0 Å². The number of carbonyl (C=O) groups is 1. The number of carbonyl (C=O) groups excluding carboxylic acids is 1. The van der Waals surface area contributed by atoms with Gasteiger partial charge in [0, 0.05) is 31.9 Å². The second-order valence-corrected chi connectivity index (χ2v) is 5.99. The molecule has 2 N–H and O–H groups in total. The van der Waals surface area contributed by atoms with Crippen LogP contribution >= 0.6 is 0 Å². The molecule has 4 heteroatoms. The summed E-state index contributed by atoms with van der Waals surface area (Å²) in [5, 5.41) is 6.19. The first-order valence-electron chi connectivity index (χ1n) is 6.84. The third kappa shape index (κ3) is 3.70. The summed E-state index contributed by atoms with van der Waals surface area (Å²) >= 11 is 0. The molecule has 0 aliphatic carbocycles. The quantitative estimate of drug-likeness (QED) is 0.815. The van der Waals surface area contributed by atoms with Crippen molar-refractivity contribution in [3.8, 4) is 0 Å². The SMILES string of the molecule is CC(C)(C)c1ccc(NC(=O)N2CCNCC2)cc1. The van der Waals surface area contributed by atoms with E-state index in [0.717, 1.165) is 31.9 Å². The lowest BCUT2D eigenvalue weighted by Crippen LogP contribution is -2.48. The predicted octanol–water partition coefficient (Wildman–Crippen LogP) is 2.42. The maximum Gasteiger partial charge on any atom is 0.321 e. The van der Waals surface area contributed by atoms with Gasteiger partial charge in [0.1, 0.15) is 0 Å². The Bertz CT molecular complexity index is 428. The Morgan fingerprint density at radius 3 is 2.26 bits per heavy atom. The Kier molecular flexibility index (Phi) is 4.10. The first-order valence-corrected chi connectivity index (χ1v) is 6.84. The van der Waals surface area contributed by atoms with Crippen LogP contribution in [0.15, 0.2) is 24.3 Å². The molecular weight excluding hydrogens is 238 g/mol. The zero-order chi connectivity index (χ0) is 13.9. The summed E-state index contributed by atoms with van der Waals surface area (Å²) in [7, 11) is 0. The highest BCUT2D eigenvalue weighted by Crippen LogP contribution is 2.23. The fraction of sp³-hybridized carbons (Fsp3) is 0.533. The van der Waals surface area contributed by atoms with Gasteiger partial charge in [-0.1, -0.05) is 32.9 Å². The van der Waals surface area contributed by atoms with Crippen LogP contribution in [0, 0.1) is 0 Å². The molecule has 1 heterocycles. The number of anilines is 1. The number of nitrogens with zero attached hydrogens (tertiary/aromatic N) is 1. The molecule has 0 aromatic heterocycles. The second-order valence-electron chi connectivity index (χ2n) is 5.99. The predicted molar refractivity (Wildman–Crippen MR) is 78.6 cm³/mol. The zero-order valence-electron chi connectivity index (χ0n) is 12.0. The number of benzene rings is 1. The van der Waals surface area contributed by atoms with E-state index in [1.165, 1.54) is 5.56 Å². The van der Waals surface area contributed by atoms with E-state index in [-0.39, 0.29) is 11.4 Å². The van der Waals surface area contributed by atoms with E-state index in [2.05, 4.69) is 43.5 Å². The minimum Gasteiger partial charge on any atom is -0.322 e. The smallest absolute Gasteiger partial charge is 0.321 e. The van der Waals surface area contributed by atoms with Gasteiger partial charge in [-0.05, 0) is 23.1 Å². The molecule has 0 saturated carbocycles. The van der Waals surface area contributed by atoms with Crippen molar-refractivity contribution in [3.05, 3.63) is 29.8 Å². The summed E-state index contributed by atoms with van der Waals surface area (Å²) in [5.74, 6) is 0. The van der Waals surface area contributed by atoms with E-state index in [4.69, 9.17) is 0 Å². The molecule has 104 valence electrons. The fourth-order valence-electron chi connectivity index (χ4n) is 2.12. The fourth-order valence-corrected chi connectivity index (χ4v) is 2.12. The van der Waals surface area contributed by atoms with Crippen molar-refractivity contribution in [2.45, 2.75) is 26.2 Å². The molecule has 0 bridgehead atoms. The zero-order valence-corrected chi connectivity index (χ0v) is 12.0. The summed E-state index contributed by atoms with van der Waals surface area (Å²) in [6.07, 6.45) is 0. The van der Waals surface area contributed by atoms with E-state index < -0.39 is 0 Å². The van der Waals surface area contributed by atoms with E-state index in [0.29, 0.717) is 0 Å². The Labute approximate surface area is 115 Å². The van der Waals surface area contributed by atoms with Crippen molar-refractivity contribution >= 4 is 11.7 Å². The maximum atomic E-state index is 12.0. The number of rotatable bonds is 1. The first kappa shape index (κ1) is 13.9. The van der Waals surface area contributed by atoms with Gasteiger partial charge in [0.25, 0.3) is 0 Å². The minimum absolute atomic E-state index is 0.00925. The molecule has 0 atom stereocenters. The Balaban J connectivity index is 1.97. The second kappa shape index (κ2) is 5.61. The van der Waals surface area contributed by atoms with Crippen molar-refractivity contribution in [3.63, 3.8) is 0 Å². The lowest BCUT2D eigenvalue weighted by Gasteiger charge is -2.27. The molecule has 1 fully saturated rings. The number of urea groups is 1. The van der Waals surface area contributed by atoms with Crippen LogP contribution in [0.2, 0.25) is 0 Å². The van der Waals surface area contributed by atoms with E-state index in [1.807, 2.05) is 17.0 Å². The number of hydrogen-bond acceptors (Lipinski definition) is 2. The van der Waals surface area contributed by atoms with Gasteiger partial charge in [0.2, 0.25) is 0 Å². The van der Waals surface area contributed by atoms with Crippen LogP contribution in [0.4, 0.5) is 10.5 Å². The average Bonchev–Trinajstić information content (AvgIpc) is 2.39. The van der Waals surface area contributed by atoms with Crippen molar-refractivity contribution < 1.29 is 4.79 Å². The van der Waals surface area contributed by atoms with Gasteiger partial charge in [-0.15, -0.1) is 0 Å². The van der Waals surface area contributed by atoms with Crippen LogP contribution in [0.5, 0.6) is 0 Å². The van der Waals surface area contributed by atoms with Gasteiger partial charge >= 0.3 is 6.03 Å². The number of piperazine rings is 1. The number of hydrogen-bond donors (Lipinski definition) is 2. The largest absolute Gasteiger partial charge is 0.322 e. The van der Waals surface area contributed by atoms with Gasteiger partial charge in [-0.25, -0.2) is 4.79 Å². The van der Waals surface area contributed by atoms with Crippen LogP contribution in [-0.2, 0) is 5.41 Å². The van der Waals surface area contributed by atoms with Crippen LogP contribution in [0.1, 0.15) is 26.3 Å². The van der Waals surface area contributed by atoms with Crippen LogP contribution in [0.25, 0.3) is 0 Å². The number of amides is 2. The third-order valence-corrected chi connectivity index (χ3v) is 3.41. The molecule has 0 spiro atoms. The Morgan fingerprint density at radius 1 is 1.16 bits per heavy atom. The molecular formula is C15H23N3O. The highest BCUT2D eigenvalue weighted by Gasteiger charge is 2.17. The molecule has 2 amide bonds. The van der Waals surface area contributed by atoms with E-state index in [1.54, 1.807) is 0 Å². The monoisotopic (exact) mass is 261 g/mol. The third-order valence-electron chi connectivity index (χ3n) is 3.41. The van der Waals surface area contributed by atoms with Crippen molar-refractivity contribution in [2.75, 3.05) is 31.5 Å². The number of nitrogens with one attached hydrogen (secondary N) is 2. The molecule has 19 heavy (non-hydrogen) atoms. The standard InChI is InChI=1S/C15H23N3O/c1-15(2,3)12-4-6-13(7-5-12)17-14(19)18-10-8-16-9-11-18/h4-7,16H,8-11H2,1-3H3,(H,17,19). The lowest BCUT2D eigenvalue weighted by molar-refractivity contribution is 0.204. The topological polar surface area (TPSA) is 44.4 Å². The molecule has 0 unspecified atom stereocenters. The molecule has 1 aliphatic rings. The van der Waals surface area contributed by atoms with Crippen LogP contribution in [-0.4, -0.2) is 37.1 Å². The highest BCUT2D eigenvalue weighted by molar-refractivity contribution is 5.89. The minimum atomic E-state index is -0.00925. The molecule has 4 nitrogen and oxygen atoms in total. The summed E-state index contributed by atoms with van der Waals surface area (Å²) in [5.41, 5.74) is 2.27. The molecule has 2 rings (SSSR count). The van der Waals surface area contributed by atoms with Crippen molar-refractivity contribution in [1.29, 1.82) is 0 Å². The molecule has 1 aliphatic heterocycles. The summed E-state index contributed by atoms with van der Waals surface area (Å²) in [6.45, 7) is 9.83. The van der Waals surface area contributed by atoms with Gasteiger partial charge in [0.05, 0.1) is 0 Å². The molecule has 1 saturated heterocycles. The Hall–Kier alpha value is -1.55. The molecule has 0 radical (unpaired) electrons. The van der Waals surface area contributed by atoms with Gasteiger partial charge in [-0.3, -0.25) is 0 Å². The van der Waals surface area contributed by atoms with Crippen LogP contribution in [0.3, 0.4) is 0 Å². The normalized spacial score (nSPS) is 16.3.